The predicted octanol–water partition coefficient (Wildman–Crippen LogP) is 1.82. The van der Waals surface area contributed by atoms with E-state index in [1.54, 1.807) is 0 Å². The Labute approximate surface area is 106 Å². The van der Waals surface area contributed by atoms with Crippen LogP contribution in [0.3, 0.4) is 0 Å². The first-order valence-electron chi connectivity index (χ1n) is 5.90. The van der Waals surface area contributed by atoms with Gasteiger partial charge in [0.2, 0.25) is 0 Å². The summed E-state index contributed by atoms with van der Waals surface area (Å²) in [6, 6.07) is 6.01. The number of nitrogens with one attached hydrogen (secondary N) is 1. The second-order valence-electron chi connectivity index (χ2n) is 4.48. The van der Waals surface area contributed by atoms with Crippen molar-refractivity contribution in [2.24, 2.45) is 5.73 Å². The third-order valence-electron chi connectivity index (χ3n) is 3.21. The standard InChI is InChI=1S/C14H17N3O/c1-8-4-5-11(6-9(8)2)13-16-10(3)12(7-15)14(18)17-13/h4-6H,7,15H2,1-3H3,(H,16,17,18). The van der Waals surface area contributed by atoms with Crippen LogP contribution in [-0.2, 0) is 6.54 Å². The lowest BCUT2D eigenvalue weighted by Crippen LogP contribution is -2.20. The van der Waals surface area contributed by atoms with Crippen LogP contribution < -0.4 is 11.3 Å². The van der Waals surface area contributed by atoms with E-state index in [1.807, 2.05) is 32.0 Å². The van der Waals surface area contributed by atoms with Crippen LogP contribution in [0.25, 0.3) is 11.4 Å². The van der Waals surface area contributed by atoms with E-state index in [0.717, 1.165) is 5.56 Å². The Morgan fingerprint density at radius 2 is 1.94 bits per heavy atom. The number of aromatic amines is 1. The van der Waals surface area contributed by atoms with Gasteiger partial charge in [0.25, 0.3) is 5.56 Å². The molecule has 0 atom stereocenters. The second-order valence-corrected chi connectivity index (χ2v) is 4.48. The molecule has 0 aliphatic heterocycles. The molecule has 0 saturated heterocycles. The Morgan fingerprint density at radius 3 is 2.50 bits per heavy atom. The number of benzene rings is 1. The summed E-state index contributed by atoms with van der Waals surface area (Å²) in [5.74, 6) is 0.595. The molecule has 94 valence electrons. The normalized spacial score (nSPS) is 10.7. The summed E-state index contributed by atoms with van der Waals surface area (Å²) in [5, 5.41) is 0. The molecule has 0 saturated carbocycles. The number of rotatable bonds is 2. The Hall–Kier alpha value is -1.94. The van der Waals surface area contributed by atoms with Gasteiger partial charge in [-0.25, -0.2) is 4.98 Å². The lowest BCUT2D eigenvalue weighted by atomic mass is 10.1. The Kier molecular flexibility index (Phi) is 3.30. The molecule has 0 aliphatic carbocycles. The van der Waals surface area contributed by atoms with Gasteiger partial charge in [0.1, 0.15) is 5.82 Å². The zero-order valence-corrected chi connectivity index (χ0v) is 10.9. The van der Waals surface area contributed by atoms with Gasteiger partial charge in [-0.05, 0) is 38.0 Å². The zero-order valence-electron chi connectivity index (χ0n) is 10.9. The number of aromatic nitrogens is 2. The summed E-state index contributed by atoms with van der Waals surface area (Å²) in [7, 11) is 0. The molecule has 1 heterocycles. The molecule has 0 amide bonds. The van der Waals surface area contributed by atoms with Crippen LogP contribution in [0.2, 0.25) is 0 Å². The van der Waals surface area contributed by atoms with Crippen molar-refractivity contribution >= 4 is 0 Å². The summed E-state index contributed by atoms with van der Waals surface area (Å²) < 4.78 is 0. The Morgan fingerprint density at radius 1 is 1.22 bits per heavy atom. The van der Waals surface area contributed by atoms with Gasteiger partial charge in [-0.2, -0.15) is 0 Å². The minimum atomic E-state index is -0.154. The summed E-state index contributed by atoms with van der Waals surface area (Å²) in [5.41, 5.74) is 9.92. The number of hydrogen-bond donors (Lipinski definition) is 2. The van der Waals surface area contributed by atoms with Crippen molar-refractivity contribution in [3.63, 3.8) is 0 Å². The molecular weight excluding hydrogens is 226 g/mol. The largest absolute Gasteiger partial charge is 0.326 e. The highest BCUT2D eigenvalue weighted by molar-refractivity contribution is 5.57. The number of nitrogens with zero attached hydrogens (tertiary/aromatic N) is 1. The molecule has 0 spiro atoms. The third kappa shape index (κ3) is 2.19. The second kappa shape index (κ2) is 4.74. The van der Waals surface area contributed by atoms with E-state index in [0.29, 0.717) is 17.1 Å². The first kappa shape index (κ1) is 12.5. The Balaban J connectivity index is 2.58. The first-order chi connectivity index (χ1) is 8.52. The summed E-state index contributed by atoms with van der Waals surface area (Å²) in [6.45, 7) is 6.11. The fourth-order valence-electron chi connectivity index (χ4n) is 1.88. The van der Waals surface area contributed by atoms with E-state index < -0.39 is 0 Å². The molecular formula is C14H17N3O. The lowest BCUT2D eigenvalue weighted by Gasteiger charge is -2.07. The van der Waals surface area contributed by atoms with Crippen LogP contribution in [0.4, 0.5) is 0 Å². The molecule has 0 aliphatic rings. The highest BCUT2D eigenvalue weighted by Crippen LogP contribution is 2.18. The predicted molar refractivity (Wildman–Crippen MR) is 72.4 cm³/mol. The maximum absolute atomic E-state index is 11.8. The van der Waals surface area contributed by atoms with Gasteiger partial charge < -0.3 is 10.7 Å². The molecule has 0 fully saturated rings. The number of nitrogens with two attached hydrogens (primary N) is 1. The van der Waals surface area contributed by atoms with Crippen LogP contribution in [0.5, 0.6) is 0 Å². The topological polar surface area (TPSA) is 71.8 Å². The van der Waals surface area contributed by atoms with Crippen LogP contribution in [-0.4, -0.2) is 9.97 Å². The van der Waals surface area contributed by atoms with Crippen molar-refractivity contribution in [2.45, 2.75) is 27.3 Å². The molecule has 2 aromatic rings. The van der Waals surface area contributed by atoms with Crippen molar-refractivity contribution in [3.8, 4) is 11.4 Å². The summed E-state index contributed by atoms with van der Waals surface area (Å²) >= 11 is 0. The zero-order chi connectivity index (χ0) is 13.3. The van der Waals surface area contributed by atoms with Gasteiger partial charge in [0.05, 0.1) is 5.56 Å². The van der Waals surface area contributed by atoms with Crippen molar-refractivity contribution in [3.05, 3.63) is 50.9 Å². The SMILES string of the molecule is Cc1ccc(-c2nc(C)c(CN)c(=O)[nH]2)cc1C. The molecule has 0 bridgehead atoms. The highest BCUT2D eigenvalue weighted by Gasteiger charge is 2.08. The number of H-pyrrole nitrogens is 1. The molecule has 0 radical (unpaired) electrons. The van der Waals surface area contributed by atoms with E-state index >= 15 is 0 Å². The molecule has 1 aromatic heterocycles. The van der Waals surface area contributed by atoms with E-state index in [-0.39, 0.29) is 12.1 Å². The molecule has 1 aromatic carbocycles. The summed E-state index contributed by atoms with van der Waals surface area (Å²) in [6.07, 6.45) is 0. The minimum Gasteiger partial charge on any atom is -0.326 e. The molecule has 4 heteroatoms. The number of hydrogen-bond acceptors (Lipinski definition) is 3. The van der Waals surface area contributed by atoms with Crippen molar-refractivity contribution in [1.29, 1.82) is 0 Å². The fraction of sp³-hybridized carbons (Fsp3) is 0.286. The van der Waals surface area contributed by atoms with Gasteiger partial charge in [-0.3, -0.25) is 4.79 Å². The van der Waals surface area contributed by atoms with Gasteiger partial charge in [0, 0.05) is 17.8 Å². The van der Waals surface area contributed by atoms with E-state index in [2.05, 4.69) is 16.9 Å². The molecule has 18 heavy (non-hydrogen) atoms. The maximum Gasteiger partial charge on any atom is 0.255 e. The highest BCUT2D eigenvalue weighted by atomic mass is 16.1. The maximum atomic E-state index is 11.8. The summed E-state index contributed by atoms with van der Waals surface area (Å²) in [4.78, 5) is 19.0. The van der Waals surface area contributed by atoms with E-state index in [9.17, 15) is 4.79 Å². The van der Waals surface area contributed by atoms with Crippen LogP contribution >= 0.6 is 0 Å². The average Bonchev–Trinajstić information content (AvgIpc) is 2.32. The Bertz CT molecular complexity index is 644. The molecule has 0 unspecified atom stereocenters. The van der Waals surface area contributed by atoms with Crippen LogP contribution in [0, 0.1) is 20.8 Å². The fourth-order valence-corrected chi connectivity index (χ4v) is 1.88. The smallest absolute Gasteiger partial charge is 0.255 e. The quantitative estimate of drug-likeness (QED) is 0.845. The van der Waals surface area contributed by atoms with Gasteiger partial charge in [-0.15, -0.1) is 0 Å². The molecule has 3 N–H and O–H groups in total. The van der Waals surface area contributed by atoms with E-state index in [4.69, 9.17) is 5.73 Å². The molecule has 4 nitrogen and oxygen atoms in total. The molecule has 2 rings (SSSR count). The van der Waals surface area contributed by atoms with Crippen molar-refractivity contribution < 1.29 is 0 Å². The monoisotopic (exact) mass is 243 g/mol. The average molecular weight is 243 g/mol. The number of aryl methyl sites for hydroxylation is 3. The van der Waals surface area contributed by atoms with Gasteiger partial charge >= 0.3 is 0 Å². The van der Waals surface area contributed by atoms with Crippen LogP contribution in [0.1, 0.15) is 22.4 Å². The van der Waals surface area contributed by atoms with E-state index in [1.165, 1.54) is 11.1 Å². The van der Waals surface area contributed by atoms with Crippen molar-refractivity contribution in [2.75, 3.05) is 0 Å². The van der Waals surface area contributed by atoms with Gasteiger partial charge in [0.15, 0.2) is 0 Å². The van der Waals surface area contributed by atoms with Crippen LogP contribution in [0.15, 0.2) is 23.0 Å². The lowest BCUT2D eigenvalue weighted by molar-refractivity contribution is 0.943. The first-order valence-corrected chi connectivity index (χ1v) is 5.90. The third-order valence-corrected chi connectivity index (χ3v) is 3.21. The minimum absolute atomic E-state index is 0.154. The van der Waals surface area contributed by atoms with Gasteiger partial charge in [-0.1, -0.05) is 12.1 Å². The van der Waals surface area contributed by atoms with Crippen molar-refractivity contribution in [1.82, 2.24) is 9.97 Å².